The minimum atomic E-state index is -0.0877. The van der Waals surface area contributed by atoms with Crippen molar-refractivity contribution in [2.45, 2.75) is 12.8 Å². The molecule has 110 valence electrons. The average Bonchev–Trinajstić information content (AvgIpc) is 2.96. The molecule has 1 amide bonds. The quantitative estimate of drug-likeness (QED) is 0.880. The first-order chi connectivity index (χ1) is 10.2. The van der Waals surface area contributed by atoms with Crippen LogP contribution in [0.15, 0.2) is 36.4 Å². The van der Waals surface area contributed by atoms with E-state index >= 15 is 0 Å². The van der Waals surface area contributed by atoms with Gasteiger partial charge < -0.3 is 10.0 Å². The molecule has 0 radical (unpaired) electrons. The number of halogens is 1. The zero-order valence-electron chi connectivity index (χ0n) is 11.8. The van der Waals surface area contributed by atoms with Gasteiger partial charge in [-0.15, -0.1) is 11.6 Å². The summed E-state index contributed by atoms with van der Waals surface area (Å²) in [6.45, 7) is 1.48. The van der Waals surface area contributed by atoms with E-state index in [1.165, 1.54) is 0 Å². The van der Waals surface area contributed by atoms with Crippen LogP contribution in [0.3, 0.4) is 0 Å². The van der Waals surface area contributed by atoms with E-state index in [1.807, 2.05) is 35.2 Å². The highest BCUT2D eigenvalue weighted by atomic mass is 35.5. The third-order valence-electron chi connectivity index (χ3n) is 4.22. The largest absolute Gasteiger partial charge is 0.506 e. The molecule has 0 spiro atoms. The maximum absolute atomic E-state index is 12.6. The summed E-state index contributed by atoms with van der Waals surface area (Å²) in [6.07, 6.45) is 1.93. The monoisotopic (exact) mass is 303 g/mol. The number of likely N-dealkylation sites (tertiary alicyclic amines) is 1. The van der Waals surface area contributed by atoms with Crippen LogP contribution >= 0.6 is 11.6 Å². The molecule has 1 fully saturated rings. The van der Waals surface area contributed by atoms with Gasteiger partial charge in [-0.1, -0.05) is 30.3 Å². The number of fused-ring (bicyclic) bond motifs is 1. The molecule has 1 N–H and O–H groups in total. The molecule has 0 bridgehead atoms. The van der Waals surface area contributed by atoms with E-state index in [-0.39, 0.29) is 11.7 Å². The van der Waals surface area contributed by atoms with Crippen LogP contribution in [0.5, 0.6) is 5.75 Å². The molecule has 2 aromatic carbocycles. The van der Waals surface area contributed by atoms with Gasteiger partial charge in [0.15, 0.2) is 0 Å². The van der Waals surface area contributed by atoms with E-state index in [4.69, 9.17) is 11.6 Å². The number of carbonyl (C=O) groups is 1. The average molecular weight is 304 g/mol. The minimum absolute atomic E-state index is 0.0823. The molecule has 0 aliphatic carbocycles. The Morgan fingerprint density at radius 2 is 2.10 bits per heavy atom. The Balaban J connectivity index is 1.87. The molecule has 0 saturated carbocycles. The van der Waals surface area contributed by atoms with Gasteiger partial charge in [0.2, 0.25) is 0 Å². The maximum Gasteiger partial charge on any atom is 0.257 e. The molecule has 21 heavy (non-hydrogen) atoms. The zero-order chi connectivity index (χ0) is 14.8. The first-order valence-corrected chi connectivity index (χ1v) is 7.80. The van der Waals surface area contributed by atoms with Gasteiger partial charge in [0.1, 0.15) is 5.75 Å². The normalized spacial score (nSPS) is 18.3. The molecule has 1 saturated heterocycles. The minimum Gasteiger partial charge on any atom is -0.506 e. The van der Waals surface area contributed by atoms with Crippen LogP contribution in [0.1, 0.15) is 23.2 Å². The molecule has 4 heteroatoms. The van der Waals surface area contributed by atoms with Crippen molar-refractivity contribution in [3.8, 4) is 5.75 Å². The molecule has 3 rings (SSSR count). The number of carbonyl (C=O) groups excluding carboxylic acids is 1. The Hall–Kier alpha value is -1.74. The van der Waals surface area contributed by atoms with Crippen LogP contribution < -0.4 is 0 Å². The van der Waals surface area contributed by atoms with Crippen LogP contribution in [0.4, 0.5) is 0 Å². The fraction of sp³-hybridized carbons (Fsp3) is 0.353. The van der Waals surface area contributed by atoms with E-state index in [2.05, 4.69) is 0 Å². The SMILES string of the molecule is O=C(c1ccc2ccccc2c1O)N1CCC(CCCl)C1. The fourth-order valence-corrected chi connectivity index (χ4v) is 3.31. The number of hydrogen-bond donors (Lipinski definition) is 1. The molecule has 1 atom stereocenters. The van der Waals surface area contributed by atoms with Crippen molar-refractivity contribution in [1.29, 1.82) is 0 Å². The fourth-order valence-electron chi connectivity index (χ4n) is 3.01. The molecule has 1 heterocycles. The van der Waals surface area contributed by atoms with Crippen molar-refractivity contribution in [1.82, 2.24) is 4.90 Å². The van der Waals surface area contributed by atoms with Crippen molar-refractivity contribution in [2.24, 2.45) is 5.92 Å². The van der Waals surface area contributed by atoms with Gasteiger partial charge in [0.25, 0.3) is 5.91 Å². The smallest absolute Gasteiger partial charge is 0.257 e. The number of phenols is 1. The second-order valence-corrected chi connectivity index (χ2v) is 5.94. The first kappa shape index (κ1) is 14.2. The van der Waals surface area contributed by atoms with Crippen LogP contribution in [-0.4, -0.2) is 34.9 Å². The number of alkyl halides is 1. The Bertz CT molecular complexity index is 671. The summed E-state index contributed by atoms with van der Waals surface area (Å²) in [5.74, 6) is 1.11. The van der Waals surface area contributed by atoms with Crippen LogP contribution in [0.2, 0.25) is 0 Å². The van der Waals surface area contributed by atoms with E-state index in [1.54, 1.807) is 6.07 Å². The van der Waals surface area contributed by atoms with E-state index in [0.717, 1.165) is 36.7 Å². The number of amides is 1. The van der Waals surface area contributed by atoms with Crippen LogP contribution in [0, 0.1) is 5.92 Å². The van der Waals surface area contributed by atoms with E-state index in [9.17, 15) is 9.90 Å². The lowest BCUT2D eigenvalue weighted by atomic mass is 10.0. The lowest BCUT2D eigenvalue weighted by Gasteiger charge is -2.17. The van der Waals surface area contributed by atoms with Gasteiger partial charge >= 0.3 is 0 Å². The number of nitrogens with zero attached hydrogens (tertiary/aromatic N) is 1. The topological polar surface area (TPSA) is 40.5 Å². The molecule has 0 aromatic heterocycles. The summed E-state index contributed by atoms with van der Waals surface area (Å²) in [5.41, 5.74) is 0.389. The van der Waals surface area contributed by atoms with Crippen LogP contribution in [0.25, 0.3) is 10.8 Å². The Morgan fingerprint density at radius 1 is 1.29 bits per heavy atom. The summed E-state index contributed by atoms with van der Waals surface area (Å²) in [4.78, 5) is 14.4. The first-order valence-electron chi connectivity index (χ1n) is 7.26. The number of rotatable bonds is 3. The molecule has 2 aromatic rings. The Morgan fingerprint density at radius 3 is 2.90 bits per heavy atom. The second kappa shape index (κ2) is 5.94. The third-order valence-corrected chi connectivity index (χ3v) is 4.44. The number of phenolic OH excluding ortho intramolecular Hbond substituents is 1. The van der Waals surface area contributed by atoms with Gasteiger partial charge in [-0.2, -0.15) is 0 Å². The molecular weight excluding hydrogens is 286 g/mol. The van der Waals surface area contributed by atoms with Gasteiger partial charge in [0, 0.05) is 24.4 Å². The zero-order valence-corrected chi connectivity index (χ0v) is 12.5. The predicted octanol–water partition coefficient (Wildman–Crippen LogP) is 3.64. The molecular formula is C17H18ClNO2. The van der Waals surface area contributed by atoms with Gasteiger partial charge in [0.05, 0.1) is 5.56 Å². The number of benzene rings is 2. The second-order valence-electron chi connectivity index (χ2n) is 5.57. The van der Waals surface area contributed by atoms with Gasteiger partial charge in [-0.3, -0.25) is 4.79 Å². The van der Waals surface area contributed by atoms with Crippen molar-refractivity contribution in [3.05, 3.63) is 42.0 Å². The van der Waals surface area contributed by atoms with E-state index in [0.29, 0.717) is 17.4 Å². The number of aromatic hydroxyl groups is 1. The summed E-state index contributed by atoms with van der Waals surface area (Å²) in [7, 11) is 0. The molecule has 3 nitrogen and oxygen atoms in total. The Labute approximate surface area is 129 Å². The van der Waals surface area contributed by atoms with Crippen molar-refractivity contribution < 1.29 is 9.90 Å². The molecule has 1 aliphatic rings. The highest BCUT2D eigenvalue weighted by molar-refractivity contribution is 6.17. The predicted molar refractivity (Wildman–Crippen MR) is 85.0 cm³/mol. The molecule has 1 aliphatic heterocycles. The Kier molecular flexibility index (Phi) is 4.02. The van der Waals surface area contributed by atoms with Gasteiger partial charge in [-0.25, -0.2) is 0 Å². The van der Waals surface area contributed by atoms with Crippen molar-refractivity contribution in [3.63, 3.8) is 0 Å². The standard InChI is InChI=1S/C17H18ClNO2/c18-9-7-12-8-10-19(11-12)17(21)15-6-5-13-3-1-2-4-14(13)16(15)20/h1-6,12,20H,7-11H2. The van der Waals surface area contributed by atoms with E-state index < -0.39 is 0 Å². The third kappa shape index (κ3) is 2.70. The van der Waals surface area contributed by atoms with Gasteiger partial charge in [-0.05, 0) is 30.2 Å². The molecule has 1 unspecified atom stereocenters. The van der Waals surface area contributed by atoms with Crippen molar-refractivity contribution in [2.75, 3.05) is 19.0 Å². The lowest BCUT2D eigenvalue weighted by Crippen LogP contribution is -2.28. The highest BCUT2D eigenvalue weighted by Gasteiger charge is 2.28. The summed E-state index contributed by atoms with van der Waals surface area (Å²) < 4.78 is 0. The summed E-state index contributed by atoms with van der Waals surface area (Å²) in [5, 5.41) is 12.0. The summed E-state index contributed by atoms with van der Waals surface area (Å²) >= 11 is 5.77. The van der Waals surface area contributed by atoms with Crippen molar-refractivity contribution >= 4 is 28.3 Å². The number of hydrogen-bond acceptors (Lipinski definition) is 2. The highest BCUT2D eigenvalue weighted by Crippen LogP contribution is 2.31. The summed E-state index contributed by atoms with van der Waals surface area (Å²) in [6, 6.07) is 11.1. The lowest BCUT2D eigenvalue weighted by molar-refractivity contribution is 0.0784. The maximum atomic E-state index is 12.6. The van der Waals surface area contributed by atoms with Crippen LogP contribution in [-0.2, 0) is 0 Å².